The minimum atomic E-state index is -4.55. The molecular formula is C9H8ClNO4. The normalized spacial score (nSPS) is 10.9. The fourth-order valence-corrected chi connectivity index (χ4v) is 1.40. The highest BCUT2D eigenvalue weighted by molar-refractivity contribution is 5.86. The van der Waals surface area contributed by atoms with Crippen molar-refractivity contribution in [3.63, 3.8) is 0 Å². The van der Waals surface area contributed by atoms with E-state index < -0.39 is 10.2 Å². The molecule has 15 heavy (non-hydrogen) atoms. The second kappa shape index (κ2) is 4.41. The van der Waals surface area contributed by atoms with Crippen molar-refractivity contribution in [3.8, 4) is 5.75 Å². The summed E-state index contributed by atoms with van der Waals surface area (Å²) in [6, 6.07) is 4.41. The van der Waals surface area contributed by atoms with E-state index in [9.17, 15) is 14.0 Å². The van der Waals surface area contributed by atoms with E-state index in [0.717, 1.165) is 6.21 Å². The molecule has 0 fully saturated rings. The minimum absolute atomic E-state index is 0.181. The van der Waals surface area contributed by atoms with Crippen LogP contribution in [0.1, 0.15) is 11.1 Å². The van der Waals surface area contributed by atoms with E-state index in [1.807, 2.05) is 0 Å². The van der Waals surface area contributed by atoms with Gasteiger partial charge in [0.1, 0.15) is 10.2 Å². The Kier molecular flexibility index (Phi) is 3.43. The largest absolute Gasteiger partial charge is 0.308 e. The molecule has 0 spiro atoms. The number of nitrogens with one attached hydrogen (secondary N) is 1. The lowest BCUT2D eigenvalue weighted by Crippen LogP contribution is -2.63. The first-order chi connectivity index (χ1) is 6.98. The standard InChI is InChI=1S/C9H8ClNO4/c1-2-7-4-3-5-9(8(7)6-11)15-10(12,13)14/h2-6,11H,1H2. The van der Waals surface area contributed by atoms with E-state index in [2.05, 4.69) is 10.9 Å². The van der Waals surface area contributed by atoms with E-state index in [1.54, 1.807) is 6.07 Å². The topological polar surface area (TPSA) is 102 Å². The van der Waals surface area contributed by atoms with Gasteiger partial charge in [0.05, 0.1) is 5.56 Å². The molecule has 0 heterocycles. The van der Waals surface area contributed by atoms with Crippen LogP contribution in [0.15, 0.2) is 24.8 Å². The van der Waals surface area contributed by atoms with Crippen molar-refractivity contribution in [3.05, 3.63) is 35.9 Å². The van der Waals surface area contributed by atoms with Crippen molar-refractivity contribution in [1.29, 1.82) is 5.41 Å². The molecule has 0 aliphatic heterocycles. The maximum atomic E-state index is 10.4. The molecule has 0 aliphatic carbocycles. The quantitative estimate of drug-likeness (QED) is 0.642. The molecule has 1 rings (SSSR count). The first kappa shape index (κ1) is 11.7. The molecule has 0 amide bonds. The Morgan fingerprint density at radius 3 is 2.47 bits per heavy atom. The van der Waals surface area contributed by atoms with Gasteiger partial charge in [0, 0.05) is 6.21 Å². The van der Waals surface area contributed by atoms with Crippen molar-refractivity contribution in [1.82, 2.24) is 0 Å². The molecule has 0 unspecified atom stereocenters. The number of hydrogen-bond donors (Lipinski definition) is 1. The Balaban J connectivity index is 3.17. The van der Waals surface area contributed by atoms with Crippen molar-refractivity contribution < 1.29 is 28.5 Å². The molecule has 0 saturated carbocycles. The van der Waals surface area contributed by atoms with E-state index in [0.29, 0.717) is 5.56 Å². The molecule has 1 N–H and O–H groups in total. The average molecular weight is 230 g/mol. The molecule has 0 radical (unpaired) electrons. The van der Waals surface area contributed by atoms with E-state index >= 15 is 0 Å². The Hall–Kier alpha value is -1.40. The number of halogens is 1. The fraction of sp³-hybridized carbons (Fsp3) is 0. The highest BCUT2D eigenvalue weighted by Gasteiger charge is 2.22. The van der Waals surface area contributed by atoms with Gasteiger partial charge in [0.15, 0.2) is 0 Å². The molecule has 1 aromatic carbocycles. The Morgan fingerprint density at radius 1 is 1.33 bits per heavy atom. The van der Waals surface area contributed by atoms with Crippen LogP contribution in [-0.2, 0) is 0 Å². The maximum absolute atomic E-state index is 10.4. The Labute approximate surface area is 88.5 Å². The summed E-state index contributed by atoms with van der Waals surface area (Å²) in [5.41, 5.74) is 0.709. The van der Waals surface area contributed by atoms with E-state index in [4.69, 9.17) is 5.41 Å². The van der Waals surface area contributed by atoms with Crippen molar-refractivity contribution in [2.75, 3.05) is 0 Å². The molecular weight excluding hydrogens is 222 g/mol. The van der Waals surface area contributed by atoms with Crippen LogP contribution in [0.4, 0.5) is 0 Å². The summed E-state index contributed by atoms with van der Waals surface area (Å²) in [5.74, 6) is -0.181. The molecule has 6 heteroatoms. The van der Waals surface area contributed by atoms with Crippen molar-refractivity contribution in [2.24, 2.45) is 0 Å². The summed E-state index contributed by atoms with van der Waals surface area (Å²) in [4.78, 5) is 0. The molecule has 1 aromatic rings. The van der Waals surface area contributed by atoms with Gasteiger partial charge < -0.3 is 5.41 Å². The highest BCUT2D eigenvalue weighted by Crippen LogP contribution is 2.22. The van der Waals surface area contributed by atoms with E-state index in [-0.39, 0.29) is 11.3 Å². The van der Waals surface area contributed by atoms with Crippen LogP contribution >= 0.6 is 0 Å². The zero-order chi connectivity index (χ0) is 11.5. The molecule has 0 saturated heterocycles. The SMILES string of the molecule is C=Cc1cccc(O[Cl+3]([O-])([O-])[O-])c1C=N. The predicted octanol–water partition coefficient (Wildman–Crippen LogP) is -1.40. The third-order valence-corrected chi connectivity index (χ3v) is 2.00. The number of benzene rings is 1. The van der Waals surface area contributed by atoms with Crippen LogP contribution in [0.5, 0.6) is 5.75 Å². The Morgan fingerprint density at radius 2 is 2.00 bits per heavy atom. The zero-order valence-corrected chi connectivity index (χ0v) is 8.36. The molecule has 0 bridgehead atoms. The molecule has 0 aromatic heterocycles. The van der Waals surface area contributed by atoms with Crippen molar-refractivity contribution >= 4 is 12.3 Å². The monoisotopic (exact) mass is 229 g/mol. The third-order valence-electron chi connectivity index (χ3n) is 1.64. The number of hydrogen-bond acceptors (Lipinski definition) is 5. The van der Waals surface area contributed by atoms with Gasteiger partial charge in [-0.15, -0.1) is 0 Å². The second-order valence-corrected chi connectivity index (χ2v) is 3.47. The molecule has 80 valence electrons. The van der Waals surface area contributed by atoms with Gasteiger partial charge in [-0.1, -0.05) is 29.1 Å². The van der Waals surface area contributed by atoms with Gasteiger partial charge in [0.2, 0.25) is 0 Å². The lowest BCUT2D eigenvalue weighted by Gasteiger charge is -2.13. The van der Waals surface area contributed by atoms with Gasteiger partial charge in [-0.05, 0) is 11.6 Å². The fourth-order valence-electron chi connectivity index (χ4n) is 1.06. The predicted molar refractivity (Wildman–Crippen MR) is 45.0 cm³/mol. The summed E-state index contributed by atoms with van der Waals surface area (Å²) < 4.78 is 35.2. The van der Waals surface area contributed by atoms with Gasteiger partial charge >= 0.3 is 0 Å². The van der Waals surface area contributed by atoms with Crippen LogP contribution < -0.4 is 18.3 Å². The van der Waals surface area contributed by atoms with Gasteiger partial charge in [-0.25, -0.2) is 0 Å². The summed E-state index contributed by atoms with van der Waals surface area (Å²) in [6.45, 7) is 3.49. The van der Waals surface area contributed by atoms with Crippen molar-refractivity contribution in [2.45, 2.75) is 0 Å². The first-order valence-electron chi connectivity index (χ1n) is 3.84. The third kappa shape index (κ3) is 3.03. The minimum Gasteiger partial charge on any atom is -0.308 e. The molecule has 0 atom stereocenters. The summed E-state index contributed by atoms with van der Waals surface area (Å²) in [5, 5.41) is 7.08. The van der Waals surface area contributed by atoms with Gasteiger partial charge in [0.25, 0.3) is 5.75 Å². The number of rotatable bonds is 4. The molecule has 0 aliphatic rings. The van der Waals surface area contributed by atoms with Crippen LogP contribution in [0.3, 0.4) is 0 Å². The Bertz CT molecular complexity index is 386. The zero-order valence-electron chi connectivity index (χ0n) is 7.60. The maximum Gasteiger partial charge on any atom is 0.297 e. The highest BCUT2D eigenvalue weighted by atomic mass is 35.7. The summed E-state index contributed by atoms with van der Waals surface area (Å²) >= 11 is 0. The van der Waals surface area contributed by atoms with Gasteiger partial charge in [-0.3, -0.25) is 0 Å². The summed E-state index contributed by atoms with van der Waals surface area (Å²) in [6.07, 6.45) is 2.33. The molecule has 5 nitrogen and oxygen atoms in total. The van der Waals surface area contributed by atoms with Gasteiger partial charge in [-0.2, -0.15) is 14.0 Å². The smallest absolute Gasteiger partial charge is 0.297 e. The second-order valence-electron chi connectivity index (χ2n) is 2.56. The summed E-state index contributed by atoms with van der Waals surface area (Å²) in [7, 11) is -4.55. The van der Waals surface area contributed by atoms with Crippen LogP contribution in [0, 0.1) is 15.7 Å². The lowest BCUT2D eigenvalue weighted by molar-refractivity contribution is -1.91. The van der Waals surface area contributed by atoms with Crippen LogP contribution in [0.25, 0.3) is 6.08 Å². The van der Waals surface area contributed by atoms with Crippen LogP contribution in [-0.4, -0.2) is 6.21 Å². The average Bonchev–Trinajstić information content (AvgIpc) is 2.15. The van der Waals surface area contributed by atoms with Crippen LogP contribution in [0.2, 0.25) is 0 Å². The first-order valence-corrected chi connectivity index (χ1v) is 5.07. The van der Waals surface area contributed by atoms with E-state index in [1.165, 1.54) is 18.2 Å². The lowest BCUT2D eigenvalue weighted by atomic mass is 10.1.